The highest BCUT2D eigenvalue weighted by molar-refractivity contribution is 5.80. The number of rotatable bonds is 3. The van der Waals surface area contributed by atoms with Crippen LogP contribution in [-0.4, -0.2) is 9.66 Å². The van der Waals surface area contributed by atoms with Crippen LogP contribution in [0.3, 0.4) is 0 Å². The number of nitrogens with two attached hydrogens (primary N) is 1. The fraction of sp³-hybridized carbons (Fsp3) is 0.263. The van der Waals surface area contributed by atoms with Crippen LogP contribution in [0, 0.1) is 12.8 Å². The minimum atomic E-state index is -0.222. The van der Waals surface area contributed by atoms with E-state index >= 15 is 0 Å². The largest absolute Gasteiger partial charge is 0.334 e. The Morgan fingerprint density at radius 3 is 2.48 bits per heavy atom. The molecule has 0 saturated carbocycles. The summed E-state index contributed by atoms with van der Waals surface area (Å²) in [7, 11) is 0. The van der Waals surface area contributed by atoms with Gasteiger partial charge in [0.15, 0.2) is 5.82 Å². The third kappa shape index (κ3) is 2.97. The highest BCUT2D eigenvalue weighted by atomic mass is 16.1. The first-order chi connectivity index (χ1) is 11.0. The van der Waals surface area contributed by atoms with Crippen molar-refractivity contribution < 1.29 is 0 Å². The number of nitrogens with zero attached hydrogens (tertiary/aromatic N) is 2. The van der Waals surface area contributed by atoms with Gasteiger partial charge in [0, 0.05) is 5.56 Å². The summed E-state index contributed by atoms with van der Waals surface area (Å²) in [5.74, 6) is 7.09. The van der Waals surface area contributed by atoms with Crippen molar-refractivity contribution in [1.29, 1.82) is 0 Å². The van der Waals surface area contributed by atoms with Crippen molar-refractivity contribution in [2.75, 3.05) is 5.84 Å². The first-order valence-corrected chi connectivity index (χ1v) is 7.83. The first-order valence-electron chi connectivity index (χ1n) is 7.83. The van der Waals surface area contributed by atoms with Crippen molar-refractivity contribution in [2.24, 2.45) is 5.92 Å². The van der Waals surface area contributed by atoms with E-state index in [1.165, 1.54) is 5.56 Å². The van der Waals surface area contributed by atoms with Gasteiger partial charge >= 0.3 is 0 Å². The zero-order valence-electron chi connectivity index (χ0n) is 13.7. The first kappa shape index (κ1) is 15.3. The second kappa shape index (κ2) is 5.88. The molecule has 1 aromatic heterocycles. The molecule has 1 heterocycles. The van der Waals surface area contributed by atoms with Crippen LogP contribution in [0.1, 0.15) is 25.0 Å². The van der Waals surface area contributed by atoms with E-state index in [4.69, 9.17) is 5.84 Å². The molecule has 0 saturated heterocycles. The van der Waals surface area contributed by atoms with Gasteiger partial charge in [-0.2, -0.15) is 0 Å². The normalized spacial score (nSPS) is 11.3. The van der Waals surface area contributed by atoms with Gasteiger partial charge < -0.3 is 5.84 Å². The van der Waals surface area contributed by atoms with E-state index in [-0.39, 0.29) is 5.56 Å². The third-order valence-electron chi connectivity index (χ3n) is 3.91. The molecule has 2 aromatic carbocycles. The monoisotopic (exact) mass is 307 g/mol. The summed E-state index contributed by atoms with van der Waals surface area (Å²) in [6.45, 7) is 6.33. The lowest BCUT2D eigenvalue weighted by Crippen LogP contribution is -2.29. The molecule has 4 heteroatoms. The van der Waals surface area contributed by atoms with Crippen molar-refractivity contribution in [3.8, 4) is 11.4 Å². The number of aromatic nitrogens is 2. The van der Waals surface area contributed by atoms with Gasteiger partial charge in [-0.3, -0.25) is 4.79 Å². The maximum atomic E-state index is 12.5. The Bertz CT molecular complexity index is 908. The molecule has 0 spiro atoms. The summed E-state index contributed by atoms with van der Waals surface area (Å²) in [5, 5.41) is 0.549. The predicted molar refractivity (Wildman–Crippen MR) is 94.9 cm³/mol. The number of hydrogen-bond acceptors (Lipinski definition) is 3. The van der Waals surface area contributed by atoms with Gasteiger partial charge in [-0.15, -0.1) is 0 Å². The molecule has 0 aliphatic heterocycles. The Morgan fingerprint density at radius 1 is 1.13 bits per heavy atom. The molecular formula is C19H21N3O. The Morgan fingerprint density at radius 2 is 1.83 bits per heavy atom. The zero-order valence-corrected chi connectivity index (χ0v) is 13.7. The lowest BCUT2D eigenvalue weighted by Gasteiger charge is -2.10. The highest BCUT2D eigenvalue weighted by Crippen LogP contribution is 2.20. The number of nitrogen functional groups attached to an aromatic ring is 1. The predicted octanol–water partition coefficient (Wildman–Crippen LogP) is 3.28. The second-order valence-corrected chi connectivity index (χ2v) is 6.43. The molecule has 0 aliphatic carbocycles. The standard InChI is InChI=1S/C19H21N3O/c1-12(2)10-14-5-7-15(8-6-14)18-21-17-9-4-13(3)11-16(17)19(23)22(18)20/h4-9,11-12H,10,20H2,1-3H3. The number of aryl methyl sites for hydroxylation is 1. The van der Waals surface area contributed by atoms with Crippen LogP contribution in [-0.2, 0) is 6.42 Å². The van der Waals surface area contributed by atoms with Crippen LogP contribution in [0.4, 0.5) is 0 Å². The van der Waals surface area contributed by atoms with E-state index in [0.29, 0.717) is 22.6 Å². The van der Waals surface area contributed by atoms with Crippen molar-refractivity contribution in [3.63, 3.8) is 0 Å². The van der Waals surface area contributed by atoms with Crippen LogP contribution in [0.25, 0.3) is 22.3 Å². The smallest absolute Gasteiger partial charge is 0.280 e. The van der Waals surface area contributed by atoms with E-state index in [2.05, 4.69) is 31.0 Å². The van der Waals surface area contributed by atoms with Gasteiger partial charge in [0.05, 0.1) is 10.9 Å². The minimum Gasteiger partial charge on any atom is -0.334 e. The molecule has 0 aliphatic rings. The second-order valence-electron chi connectivity index (χ2n) is 6.43. The van der Waals surface area contributed by atoms with Crippen molar-refractivity contribution in [3.05, 3.63) is 63.9 Å². The van der Waals surface area contributed by atoms with E-state index < -0.39 is 0 Å². The van der Waals surface area contributed by atoms with Crippen LogP contribution in [0.5, 0.6) is 0 Å². The maximum Gasteiger partial charge on any atom is 0.280 e. The molecule has 2 N–H and O–H groups in total. The summed E-state index contributed by atoms with van der Waals surface area (Å²) in [5.41, 5.74) is 3.58. The Kier molecular flexibility index (Phi) is 3.90. The Balaban J connectivity index is 2.11. The average molecular weight is 307 g/mol. The van der Waals surface area contributed by atoms with Gasteiger partial charge in [0.1, 0.15) is 0 Å². The lowest BCUT2D eigenvalue weighted by atomic mass is 10.0. The third-order valence-corrected chi connectivity index (χ3v) is 3.91. The fourth-order valence-electron chi connectivity index (χ4n) is 2.78. The van der Waals surface area contributed by atoms with Crippen LogP contribution in [0.15, 0.2) is 47.3 Å². The van der Waals surface area contributed by atoms with Gasteiger partial charge in [-0.1, -0.05) is 49.7 Å². The summed E-state index contributed by atoms with van der Waals surface area (Å²) < 4.78 is 1.14. The lowest BCUT2D eigenvalue weighted by molar-refractivity contribution is 0.647. The summed E-state index contributed by atoms with van der Waals surface area (Å²) in [4.78, 5) is 17.1. The number of fused-ring (bicyclic) bond motifs is 1. The van der Waals surface area contributed by atoms with Gasteiger partial charge in [-0.25, -0.2) is 9.66 Å². The van der Waals surface area contributed by atoms with Crippen LogP contribution in [0.2, 0.25) is 0 Å². The average Bonchev–Trinajstić information content (AvgIpc) is 2.52. The summed E-state index contributed by atoms with van der Waals surface area (Å²) in [6.07, 6.45) is 1.03. The molecular weight excluding hydrogens is 286 g/mol. The summed E-state index contributed by atoms with van der Waals surface area (Å²) in [6, 6.07) is 13.7. The molecule has 0 amide bonds. The van der Waals surface area contributed by atoms with Crippen LogP contribution >= 0.6 is 0 Å². The molecule has 0 unspecified atom stereocenters. The van der Waals surface area contributed by atoms with E-state index in [0.717, 1.165) is 22.2 Å². The van der Waals surface area contributed by atoms with Gasteiger partial charge in [-0.05, 0) is 37.0 Å². The Hall–Kier alpha value is -2.62. The molecule has 0 fully saturated rings. The number of benzene rings is 2. The molecule has 4 nitrogen and oxygen atoms in total. The topological polar surface area (TPSA) is 60.9 Å². The maximum absolute atomic E-state index is 12.5. The summed E-state index contributed by atoms with van der Waals surface area (Å²) >= 11 is 0. The quantitative estimate of drug-likeness (QED) is 0.755. The Labute approximate surface area is 135 Å². The van der Waals surface area contributed by atoms with E-state index in [1.54, 1.807) is 0 Å². The van der Waals surface area contributed by atoms with Crippen molar-refractivity contribution in [1.82, 2.24) is 9.66 Å². The molecule has 3 rings (SSSR count). The van der Waals surface area contributed by atoms with Crippen molar-refractivity contribution >= 4 is 10.9 Å². The van der Waals surface area contributed by atoms with Gasteiger partial charge in [0.2, 0.25) is 0 Å². The molecule has 0 bridgehead atoms. The minimum absolute atomic E-state index is 0.222. The zero-order chi connectivity index (χ0) is 16.6. The molecule has 118 valence electrons. The highest BCUT2D eigenvalue weighted by Gasteiger charge is 2.11. The van der Waals surface area contributed by atoms with E-state index in [1.807, 2.05) is 37.3 Å². The molecule has 23 heavy (non-hydrogen) atoms. The van der Waals surface area contributed by atoms with Gasteiger partial charge in [0.25, 0.3) is 5.56 Å². The molecule has 3 aromatic rings. The SMILES string of the molecule is Cc1ccc2nc(-c3ccc(CC(C)C)cc3)n(N)c(=O)c2c1. The number of hydrogen-bond donors (Lipinski definition) is 1. The molecule has 0 atom stereocenters. The van der Waals surface area contributed by atoms with E-state index in [9.17, 15) is 4.79 Å². The molecule has 0 radical (unpaired) electrons. The fourth-order valence-corrected chi connectivity index (χ4v) is 2.78. The van der Waals surface area contributed by atoms with Crippen LogP contribution < -0.4 is 11.4 Å². The van der Waals surface area contributed by atoms with Crippen molar-refractivity contribution in [2.45, 2.75) is 27.2 Å².